The van der Waals surface area contributed by atoms with Gasteiger partial charge in [0.15, 0.2) is 0 Å². The van der Waals surface area contributed by atoms with Gasteiger partial charge in [0.25, 0.3) is 0 Å². The largest absolute Gasteiger partial charge is 0.309 e. The molecule has 0 N–H and O–H groups in total. The van der Waals surface area contributed by atoms with E-state index in [1.54, 1.807) is 0 Å². The molecule has 7 nitrogen and oxygen atoms in total. The lowest BCUT2D eigenvalue weighted by Crippen LogP contribution is -1.95. The molecular weight excluding hydrogens is 1540 g/mol. The fourth-order valence-corrected chi connectivity index (χ4v) is 20.5. The standard InChI is InChI=1S/C42H27N3.C42H28N2.C36H24N2/c1-3-13-28(14-4-1)43-39-22-12-9-19-33(39)35-26-42-36(27-41(35)43)34-25-30(23-24-40(34)44(42)29-15-5-2-6-16-29)45-37-20-10-7-17-31(37)32-18-8-11-21-38(32)45;1-3-11-29(12-4-1)31-19-23-33(24-20-31)43-39-18-10-8-16-37(39)41-40(43)28-27-36-35-15-7-9-17-38(35)44(42(36)41)34-25-21-32(22-26-34)30-13-5-2-6-14-30;1-3-11-25(12-4-1)26-19-21-28(22-20-26)37-33-18-10-8-16-31(33)35-34(37)24-23-30-29-15-7-9-17-32(29)38(36(30)35)27-13-5-2-6-14-27/h1-27H;1-28H;1-24H. The lowest BCUT2D eigenvalue weighted by molar-refractivity contribution is 1.16. The Labute approximate surface area is 732 Å². The van der Waals surface area contributed by atoms with Crippen molar-refractivity contribution < 1.29 is 0 Å². The van der Waals surface area contributed by atoms with Crippen molar-refractivity contribution in [2.75, 3.05) is 0 Å². The van der Waals surface area contributed by atoms with Gasteiger partial charge < -0.3 is 32.0 Å². The van der Waals surface area contributed by atoms with E-state index in [-0.39, 0.29) is 0 Å². The lowest BCUT2D eigenvalue weighted by atomic mass is 10.1. The van der Waals surface area contributed by atoms with Gasteiger partial charge >= 0.3 is 0 Å². The third-order valence-corrected chi connectivity index (χ3v) is 26.1. The van der Waals surface area contributed by atoms with Crippen LogP contribution < -0.4 is 0 Å². The third kappa shape index (κ3) is 11.8. The highest BCUT2D eigenvalue weighted by Crippen LogP contribution is 2.47. The first-order chi connectivity index (χ1) is 63.1. The Kier molecular flexibility index (Phi) is 17.2. The van der Waals surface area contributed by atoms with E-state index >= 15 is 0 Å². The van der Waals surface area contributed by atoms with E-state index in [0.717, 1.165) is 28.4 Å². The number of benzene rings is 20. The summed E-state index contributed by atoms with van der Waals surface area (Å²) in [6, 6.07) is 173. The number of para-hydroxylation sites is 10. The van der Waals surface area contributed by atoms with Crippen LogP contribution in [0, 0.1) is 0 Å². The Balaban J connectivity index is 0.000000104. The van der Waals surface area contributed by atoms with Gasteiger partial charge in [-0.3, -0.25) is 0 Å². The van der Waals surface area contributed by atoms with Crippen LogP contribution in [0.1, 0.15) is 0 Å². The highest BCUT2D eigenvalue weighted by atomic mass is 15.0. The molecule has 0 aliphatic rings. The lowest BCUT2D eigenvalue weighted by Gasteiger charge is -2.11. The van der Waals surface area contributed by atoms with Gasteiger partial charge in [-0.1, -0.05) is 322 Å². The van der Waals surface area contributed by atoms with Crippen molar-refractivity contribution in [1.29, 1.82) is 0 Å². The molecule has 27 aromatic rings. The van der Waals surface area contributed by atoms with E-state index in [1.807, 2.05) is 0 Å². The zero-order chi connectivity index (χ0) is 83.6. The van der Waals surface area contributed by atoms with Crippen molar-refractivity contribution >= 4 is 153 Å². The molecule has 0 radical (unpaired) electrons. The number of nitrogens with zero attached hydrogens (tertiary/aromatic N) is 7. The summed E-state index contributed by atoms with van der Waals surface area (Å²) in [5.74, 6) is 0. The molecule has 7 aromatic heterocycles. The molecule has 0 aliphatic heterocycles. The maximum atomic E-state index is 2.46. The molecule has 0 unspecified atom stereocenters. The number of hydrogen-bond acceptors (Lipinski definition) is 0. The molecule has 0 saturated heterocycles. The summed E-state index contributed by atoms with van der Waals surface area (Å²) in [5, 5.41) is 17.7. The zero-order valence-corrected chi connectivity index (χ0v) is 69.2. The van der Waals surface area contributed by atoms with Crippen molar-refractivity contribution in [3.05, 3.63) is 479 Å². The molecule has 7 heterocycles. The highest BCUT2D eigenvalue weighted by Gasteiger charge is 2.26. The van der Waals surface area contributed by atoms with Gasteiger partial charge in [0.1, 0.15) is 0 Å². The molecule has 0 bridgehead atoms. The average Bonchev–Trinajstić information content (AvgIpc) is 1.55. The van der Waals surface area contributed by atoms with Crippen molar-refractivity contribution in [1.82, 2.24) is 32.0 Å². The molecule has 20 aromatic carbocycles. The second kappa shape index (κ2) is 30.0. The van der Waals surface area contributed by atoms with Crippen molar-refractivity contribution in [3.8, 4) is 73.2 Å². The number of rotatable bonds is 10. The van der Waals surface area contributed by atoms with E-state index < -0.39 is 0 Å². The van der Waals surface area contributed by atoms with Gasteiger partial charge in [0, 0.05) is 115 Å². The van der Waals surface area contributed by atoms with Crippen molar-refractivity contribution in [2.45, 2.75) is 0 Å². The first-order valence-electron chi connectivity index (χ1n) is 43.6. The fraction of sp³-hybridized carbons (Fsp3) is 0. The van der Waals surface area contributed by atoms with Gasteiger partial charge in [-0.15, -0.1) is 0 Å². The second-order valence-corrected chi connectivity index (χ2v) is 33.0. The van der Waals surface area contributed by atoms with Crippen molar-refractivity contribution in [2.24, 2.45) is 0 Å². The van der Waals surface area contributed by atoms with Gasteiger partial charge in [-0.2, -0.15) is 0 Å². The summed E-state index contributed by atoms with van der Waals surface area (Å²) >= 11 is 0. The van der Waals surface area contributed by atoms with Gasteiger partial charge in [0.2, 0.25) is 0 Å². The maximum absolute atomic E-state index is 2.46. The van der Waals surface area contributed by atoms with E-state index in [0.29, 0.717) is 0 Å². The first kappa shape index (κ1) is 72.8. The predicted molar refractivity (Wildman–Crippen MR) is 536 cm³/mol. The Morgan fingerprint density at radius 3 is 0.661 bits per heavy atom. The zero-order valence-electron chi connectivity index (χ0n) is 69.2. The van der Waals surface area contributed by atoms with E-state index in [2.05, 4.69) is 511 Å². The Bertz CT molecular complexity index is 8890. The number of fused-ring (bicyclic) bond motifs is 23. The highest BCUT2D eigenvalue weighted by molar-refractivity contribution is 6.28. The van der Waals surface area contributed by atoms with Crippen LogP contribution in [0.25, 0.3) is 226 Å². The summed E-state index contributed by atoms with van der Waals surface area (Å²) in [4.78, 5) is 0. The van der Waals surface area contributed by atoms with Gasteiger partial charge in [0.05, 0.1) is 77.2 Å². The average molecular weight is 1620 g/mol. The summed E-state index contributed by atoms with van der Waals surface area (Å²) in [6.45, 7) is 0. The third-order valence-electron chi connectivity index (χ3n) is 26.1. The monoisotopic (exact) mass is 1620 g/mol. The Morgan fingerprint density at radius 2 is 0.307 bits per heavy atom. The van der Waals surface area contributed by atoms with Crippen LogP contribution in [0.4, 0.5) is 0 Å². The van der Waals surface area contributed by atoms with Gasteiger partial charge in [-0.05, 0) is 191 Å². The number of hydrogen-bond donors (Lipinski definition) is 0. The van der Waals surface area contributed by atoms with E-state index in [4.69, 9.17) is 0 Å². The molecule has 27 rings (SSSR count). The second-order valence-electron chi connectivity index (χ2n) is 33.0. The minimum atomic E-state index is 1.16. The van der Waals surface area contributed by atoms with Crippen LogP contribution in [0.5, 0.6) is 0 Å². The van der Waals surface area contributed by atoms with Crippen LogP contribution in [0.2, 0.25) is 0 Å². The molecule has 0 saturated carbocycles. The summed E-state index contributed by atoms with van der Waals surface area (Å²) in [7, 11) is 0. The van der Waals surface area contributed by atoms with E-state index in [1.165, 1.54) is 197 Å². The van der Waals surface area contributed by atoms with E-state index in [9.17, 15) is 0 Å². The Morgan fingerprint density at radius 1 is 0.102 bits per heavy atom. The van der Waals surface area contributed by atoms with Gasteiger partial charge in [-0.25, -0.2) is 0 Å². The predicted octanol–water partition coefficient (Wildman–Crippen LogP) is 31.7. The minimum absolute atomic E-state index is 1.16. The van der Waals surface area contributed by atoms with Crippen LogP contribution in [0.15, 0.2) is 479 Å². The smallest absolute Gasteiger partial charge is 0.0641 e. The summed E-state index contributed by atoms with van der Waals surface area (Å²) in [6.07, 6.45) is 0. The van der Waals surface area contributed by atoms with Crippen LogP contribution in [-0.4, -0.2) is 32.0 Å². The molecule has 0 aliphatic carbocycles. The van der Waals surface area contributed by atoms with Crippen molar-refractivity contribution in [3.63, 3.8) is 0 Å². The maximum Gasteiger partial charge on any atom is 0.0641 e. The molecular formula is C120H79N7. The minimum Gasteiger partial charge on any atom is -0.309 e. The Hall–Kier alpha value is -17.0. The molecule has 594 valence electrons. The molecule has 127 heavy (non-hydrogen) atoms. The summed E-state index contributed by atoms with van der Waals surface area (Å²) in [5.41, 5.74) is 32.5. The molecule has 7 heteroatoms. The normalized spacial score (nSPS) is 11.8. The molecule has 0 atom stereocenters. The quantitative estimate of drug-likeness (QED) is 0.131. The topological polar surface area (TPSA) is 34.5 Å². The fourth-order valence-electron chi connectivity index (χ4n) is 20.5. The van der Waals surface area contributed by atoms with Crippen LogP contribution in [0.3, 0.4) is 0 Å². The molecule has 0 spiro atoms. The summed E-state index contributed by atoms with van der Waals surface area (Å²) < 4.78 is 17.0. The van der Waals surface area contributed by atoms with Crippen LogP contribution >= 0.6 is 0 Å². The SMILES string of the molecule is c1ccc(-c2ccc(-n3c4ccccc4c4c3ccc3c5ccccc5n(-c5ccc(-c6ccccc6)cc5)c34)cc2)cc1.c1ccc(-c2ccc(-n3c4ccccc4c4c3ccc3c5ccccc5n(-c5ccccc5)c34)cc2)cc1.c1ccc(-n2c3ccccc3c3cc4c(cc32)c2cc(-n3c5ccccc5c5ccccc53)ccc2n4-c2ccccc2)cc1. The molecule has 0 fully saturated rings. The van der Waals surface area contributed by atoms with Crippen LogP contribution in [-0.2, 0) is 0 Å². The molecule has 0 amide bonds. The number of aromatic nitrogens is 7. The first-order valence-corrected chi connectivity index (χ1v) is 43.6.